The molecule has 1 heterocycles. The zero-order valence-corrected chi connectivity index (χ0v) is 16.5. The number of carbonyl (C=O) groups is 2. The van der Waals surface area contributed by atoms with Crippen molar-refractivity contribution in [1.29, 1.82) is 0 Å². The average Bonchev–Trinajstić information content (AvgIpc) is 3.19. The van der Waals surface area contributed by atoms with Gasteiger partial charge in [-0.25, -0.2) is 0 Å². The summed E-state index contributed by atoms with van der Waals surface area (Å²) in [5.74, 6) is -0.346. The largest absolute Gasteiger partial charge is 0.451 e. The number of anilines is 2. The zero-order valence-electron chi connectivity index (χ0n) is 15.7. The van der Waals surface area contributed by atoms with Crippen LogP contribution in [0.25, 0.3) is 11.3 Å². The fraction of sp³-hybridized carbons (Fsp3) is 0.0500. The SMILES string of the molecule is CC(=O)NC(=S)Nc1ccc(NC(=O)c2ccc(-c3cccc([N+](=O)[O-])c3)o2)cc1. The van der Waals surface area contributed by atoms with Gasteiger partial charge in [0.2, 0.25) is 5.91 Å². The van der Waals surface area contributed by atoms with E-state index < -0.39 is 10.8 Å². The molecule has 0 spiro atoms. The maximum atomic E-state index is 12.4. The van der Waals surface area contributed by atoms with E-state index in [9.17, 15) is 19.7 Å². The third-order valence-corrected chi connectivity index (χ3v) is 4.07. The Morgan fingerprint density at radius 3 is 2.30 bits per heavy atom. The second-order valence-corrected chi connectivity index (χ2v) is 6.55. The van der Waals surface area contributed by atoms with Gasteiger partial charge in [0.15, 0.2) is 10.9 Å². The Morgan fingerprint density at radius 2 is 1.67 bits per heavy atom. The molecule has 9 nitrogen and oxygen atoms in total. The van der Waals surface area contributed by atoms with Crippen molar-refractivity contribution >= 4 is 46.2 Å². The minimum atomic E-state index is -0.499. The number of non-ortho nitro benzene ring substituents is 1. The fourth-order valence-corrected chi connectivity index (χ4v) is 2.80. The van der Waals surface area contributed by atoms with Gasteiger partial charge in [0.25, 0.3) is 11.6 Å². The van der Waals surface area contributed by atoms with Crippen molar-refractivity contribution < 1.29 is 18.9 Å². The summed E-state index contributed by atoms with van der Waals surface area (Å²) in [6.07, 6.45) is 0. The first kappa shape index (κ1) is 20.7. The van der Waals surface area contributed by atoms with Crippen LogP contribution in [-0.2, 0) is 4.79 Å². The number of hydrogen-bond donors (Lipinski definition) is 3. The minimum Gasteiger partial charge on any atom is -0.451 e. The maximum absolute atomic E-state index is 12.4. The second-order valence-electron chi connectivity index (χ2n) is 6.14. The van der Waals surface area contributed by atoms with Crippen molar-refractivity contribution in [3.63, 3.8) is 0 Å². The van der Waals surface area contributed by atoms with E-state index in [2.05, 4.69) is 16.0 Å². The molecule has 3 N–H and O–H groups in total. The number of nitro groups is 1. The molecule has 0 radical (unpaired) electrons. The third kappa shape index (κ3) is 5.26. The smallest absolute Gasteiger partial charge is 0.291 e. The second kappa shape index (κ2) is 8.97. The quantitative estimate of drug-likeness (QED) is 0.322. The van der Waals surface area contributed by atoms with Crippen LogP contribution < -0.4 is 16.0 Å². The van der Waals surface area contributed by atoms with Gasteiger partial charge in [-0.05, 0) is 48.6 Å². The van der Waals surface area contributed by atoms with Crippen LogP contribution >= 0.6 is 12.2 Å². The van der Waals surface area contributed by atoms with Crippen molar-refractivity contribution in [1.82, 2.24) is 5.32 Å². The first-order valence-electron chi connectivity index (χ1n) is 8.66. The lowest BCUT2D eigenvalue weighted by Gasteiger charge is -2.09. The van der Waals surface area contributed by atoms with Crippen molar-refractivity contribution in [2.45, 2.75) is 6.92 Å². The van der Waals surface area contributed by atoms with Crippen LogP contribution in [0.3, 0.4) is 0 Å². The highest BCUT2D eigenvalue weighted by atomic mass is 32.1. The Kier molecular flexibility index (Phi) is 6.18. The molecule has 0 aliphatic carbocycles. The number of rotatable bonds is 5. The third-order valence-electron chi connectivity index (χ3n) is 3.86. The van der Waals surface area contributed by atoms with Crippen molar-refractivity contribution in [3.8, 4) is 11.3 Å². The molecular formula is C20H16N4O5S. The van der Waals surface area contributed by atoms with Gasteiger partial charge in [-0.1, -0.05) is 12.1 Å². The van der Waals surface area contributed by atoms with Gasteiger partial charge in [0, 0.05) is 36.0 Å². The first-order valence-corrected chi connectivity index (χ1v) is 9.07. The predicted molar refractivity (Wildman–Crippen MR) is 115 cm³/mol. The maximum Gasteiger partial charge on any atom is 0.291 e. The van der Waals surface area contributed by atoms with Crippen LogP contribution in [0.15, 0.2) is 65.1 Å². The van der Waals surface area contributed by atoms with Gasteiger partial charge in [-0.15, -0.1) is 0 Å². The van der Waals surface area contributed by atoms with Crippen LogP contribution in [0, 0.1) is 10.1 Å². The summed E-state index contributed by atoms with van der Waals surface area (Å²) in [6, 6.07) is 15.7. The lowest BCUT2D eigenvalue weighted by Crippen LogP contribution is -2.32. The molecule has 3 aromatic rings. The molecule has 0 bridgehead atoms. The van der Waals surface area contributed by atoms with Gasteiger partial charge >= 0.3 is 0 Å². The van der Waals surface area contributed by atoms with Crippen LogP contribution in [-0.4, -0.2) is 21.9 Å². The summed E-state index contributed by atoms with van der Waals surface area (Å²) in [6.45, 7) is 1.35. The molecule has 0 aliphatic rings. The number of nitro benzene ring substituents is 1. The van der Waals surface area contributed by atoms with E-state index in [-0.39, 0.29) is 22.5 Å². The van der Waals surface area contributed by atoms with Crippen LogP contribution in [0.2, 0.25) is 0 Å². The first-order chi connectivity index (χ1) is 14.3. The monoisotopic (exact) mass is 424 g/mol. The van der Waals surface area contributed by atoms with Gasteiger partial charge < -0.3 is 20.4 Å². The van der Waals surface area contributed by atoms with Crippen molar-refractivity contribution in [2.75, 3.05) is 10.6 Å². The van der Waals surface area contributed by atoms with Gasteiger partial charge in [0.05, 0.1) is 4.92 Å². The number of nitrogens with one attached hydrogen (secondary N) is 3. The highest BCUT2D eigenvalue weighted by Gasteiger charge is 2.14. The van der Waals surface area contributed by atoms with Crippen molar-refractivity contribution in [2.24, 2.45) is 0 Å². The summed E-state index contributed by atoms with van der Waals surface area (Å²) in [5.41, 5.74) is 1.58. The number of thiocarbonyl (C=S) groups is 1. The number of benzene rings is 2. The van der Waals surface area contributed by atoms with E-state index in [4.69, 9.17) is 16.6 Å². The average molecular weight is 424 g/mol. The topological polar surface area (TPSA) is 127 Å². The van der Waals surface area contributed by atoms with E-state index in [1.807, 2.05) is 0 Å². The molecule has 0 aliphatic heterocycles. The van der Waals surface area contributed by atoms with Gasteiger partial charge in [0.1, 0.15) is 5.76 Å². The molecular weight excluding hydrogens is 408 g/mol. The standard InChI is InChI=1S/C20H16N4O5S/c1-12(25)21-20(30)23-15-7-5-14(6-8-15)22-19(26)18-10-9-17(29-18)13-3-2-4-16(11-13)24(27)28/h2-11H,1H3,(H,22,26)(H2,21,23,25,30). The zero-order chi connectivity index (χ0) is 21.7. The van der Waals surface area contributed by atoms with E-state index in [0.717, 1.165) is 0 Å². The van der Waals surface area contributed by atoms with E-state index in [1.54, 1.807) is 42.5 Å². The molecule has 2 amide bonds. The summed E-state index contributed by atoms with van der Waals surface area (Å²) in [4.78, 5) is 33.8. The van der Waals surface area contributed by atoms with E-state index in [1.165, 1.54) is 25.1 Å². The molecule has 0 atom stereocenters. The van der Waals surface area contributed by atoms with E-state index >= 15 is 0 Å². The van der Waals surface area contributed by atoms with Crippen molar-refractivity contribution in [3.05, 3.63) is 76.5 Å². The fourth-order valence-electron chi connectivity index (χ4n) is 2.54. The van der Waals surface area contributed by atoms with Gasteiger partial charge in [-0.2, -0.15) is 0 Å². The number of nitrogens with zero attached hydrogens (tertiary/aromatic N) is 1. The summed E-state index contributed by atoms with van der Waals surface area (Å²) >= 11 is 4.98. The summed E-state index contributed by atoms with van der Waals surface area (Å²) < 4.78 is 5.55. The summed E-state index contributed by atoms with van der Waals surface area (Å²) in [5, 5.41) is 19.1. The lowest BCUT2D eigenvalue weighted by atomic mass is 10.1. The summed E-state index contributed by atoms with van der Waals surface area (Å²) in [7, 11) is 0. The molecule has 0 saturated carbocycles. The van der Waals surface area contributed by atoms with Crippen LogP contribution in [0.1, 0.15) is 17.5 Å². The highest BCUT2D eigenvalue weighted by Crippen LogP contribution is 2.26. The Hall–Kier alpha value is -4.05. The molecule has 2 aromatic carbocycles. The van der Waals surface area contributed by atoms with E-state index in [0.29, 0.717) is 22.7 Å². The highest BCUT2D eigenvalue weighted by molar-refractivity contribution is 7.80. The number of carbonyl (C=O) groups excluding carboxylic acids is 2. The molecule has 0 unspecified atom stereocenters. The number of hydrogen-bond acceptors (Lipinski definition) is 6. The normalized spacial score (nSPS) is 10.2. The number of furan rings is 1. The molecule has 10 heteroatoms. The Bertz CT molecular complexity index is 1120. The van der Waals surface area contributed by atoms with Crippen LogP contribution in [0.4, 0.5) is 17.1 Å². The molecule has 0 saturated heterocycles. The predicted octanol–water partition coefficient (Wildman–Crippen LogP) is 3.94. The molecule has 1 aromatic heterocycles. The van der Waals surface area contributed by atoms with Gasteiger partial charge in [-0.3, -0.25) is 19.7 Å². The Labute approximate surface area is 176 Å². The Balaban J connectivity index is 1.65. The molecule has 3 rings (SSSR count). The van der Waals surface area contributed by atoms with Crippen LogP contribution in [0.5, 0.6) is 0 Å². The Morgan fingerprint density at radius 1 is 1.00 bits per heavy atom. The number of amides is 2. The molecule has 0 fully saturated rings. The lowest BCUT2D eigenvalue weighted by molar-refractivity contribution is -0.384. The molecule has 152 valence electrons. The molecule has 30 heavy (non-hydrogen) atoms. The minimum absolute atomic E-state index is 0.0607.